The van der Waals surface area contributed by atoms with Gasteiger partial charge >= 0.3 is 0 Å². The van der Waals surface area contributed by atoms with Crippen LogP contribution in [0.3, 0.4) is 0 Å². The first kappa shape index (κ1) is 17.7. The summed E-state index contributed by atoms with van der Waals surface area (Å²) in [6, 6.07) is 3.33. The molecule has 114 valence electrons. The third-order valence-corrected chi connectivity index (χ3v) is 5.58. The molecule has 0 bridgehead atoms. The Kier molecular flexibility index (Phi) is 6.74. The fourth-order valence-corrected chi connectivity index (χ4v) is 4.05. The normalized spacial score (nSPS) is 15.1. The summed E-state index contributed by atoms with van der Waals surface area (Å²) < 4.78 is 40.0. The fraction of sp³-hybridized carbons (Fsp3) is 0.500. The Hall–Kier alpha value is -0.340. The van der Waals surface area contributed by atoms with Crippen LogP contribution >= 0.6 is 23.4 Å². The van der Waals surface area contributed by atoms with Crippen molar-refractivity contribution in [3.63, 3.8) is 0 Å². The molecule has 0 unspecified atom stereocenters. The molecule has 0 aliphatic heterocycles. The molecule has 0 aliphatic rings. The van der Waals surface area contributed by atoms with Gasteiger partial charge in [0.1, 0.15) is 5.82 Å². The second-order valence-electron chi connectivity index (χ2n) is 4.36. The van der Waals surface area contributed by atoms with Crippen LogP contribution in [0.5, 0.6) is 0 Å². The number of thioether (sulfide) groups is 1. The highest BCUT2D eigenvalue weighted by molar-refractivity contribution is 7.99. The van der Waals surface area contributed by atoms with E-state index in [9.17, 15) is 12.8 Å². The lowest BCUT2D eigenvalue weighted by molar-refractivity contribution is 0.282. The molecule has 1 aromatic rings. The highest BCUT2D eigenvalue weighted by Gasteiger charge is 2.22. The number of sulfonamides is 1. The summed E-state index contributed by atoms with van der Waals surface area (Å²) >= 11 is 7.09. The summed E-state index contributed by atoms with van der Waals surface area (Å²) in [6.07, 6.45) is 1.78. The van der Waals surface area contributed by atoms with Crippen molar-refractivity contribution in [2.75, 3.05) is 12.9 Å². The molecule has 0 spiro atoms. The first-order valence-corrected chi connectivity index (χ1v) is 9.18. The second-order valence-corrected chi connectivity index (χ2v) is 7.63. The highest BCUT2D eigenvalue weighted by Crippen LogP contribution is 2.18. The van der Waals surface area contributed by atoms with E-state index in [1.165, 1.54) is 23.9 Å². The monoisotopic (exact) mass is 341 g/mol. The van der Waals surface area contributed by atoms with Crippen LogP contribution in [-0.4, -0.2) is 37.7 Å². The van der Waals surface area contributed by atoms with Gasteiger partial charge in [0.15, 0.2) is 0 Å². The van der Waals surface area contributed by atoms with Crippen molar-refractivity contribution in [3.8, 4) is 0 Å². The average molecular weight is 342 g/mol. The van der Waals surface area contributed by atoms with Crippen LogP contribution in [0, 0.1) is 5.82 Å². The van der Waals surface area contributed by atoms with Gasteiger partial charge in [-0.1, -0.05) is 11.6 Å². The van der Waals surface area contributed by atoms with E-state index in [0.29, 0.717) is 0 Å². The first-order valence-electron chi connectivity index (χ1n) is 5.86. The molecule has 20 heavy (non-hydrogen) atoms. The van der Waals surface area contributed by atoms with Gasteiger partial charge < -0.3 is 5.11 Å². The van der Waals surface area contributed by atoms with Crippen molar-refractivity contribution in [1.29, 1.82) is 0 Å². The van der Waals surface area contributed by atoms with Gasteiger partial charge in [-0.25, -0.2) is 17.5 Å². The third kappa shape index (κ3) is 5.21. The van der Waals surface area contributed by atoms with Crippen molar-refractivity contribution in [2.45, 2.75) is 24.0 Å². The van der Waals surface area contributed by atoms with Gasteiger partial charge in [0.25, 0.3) is 0 Å². The number of aliphatic hydroxyl groups excluding tert-OH is 1. The molecule has 1 rings (SSSR count). The van der Waals surface area contributed by atoms with Crippen LogP contribution in [0.1, 0.15) is 12.5 Å². The topological polar surface area (TPSA) is 66.4 Å². The Morgan fingerprint density at radius 3 is 2.70 bits per heavy atom. The average Bonchev–Trinajstić information content (AvgIpc) is 2.34. The molecule has 2 N–H and O–H groups in total. The molecule has 0 saturated heterocycles. The predicted molar refractivity (Wildman–Crippen MR) is 81.0 cm³/mol. The minimum atomic E-state index is -3.71. The molecule has 1 aromatic carbocycles. The van der Waals surface area contributed by atoms with Crippen molar-refractivity contribution in [3.05, 3.63) is 34.6 Å². The van der Waals surface area contributed by atoms with Crippen LogP contribution in [0.2, 0.25) is 5.02 Å². The van der Waals surface area contributed by atoms with Gasteiger partial charge in [-0.15, -0.1) is 0 Å². The lowest BCUT2D eigenvalue weighted by Gasteiger charge is -2.21. The lowest BCUT2D eigenvalue weighted by atomic mass is 10.2. The van der Waals surface area contributed by atoms with Gasteiger partial charge in [-0.2, -0.15) is 11.8 Å². The molecule has 8 heteroatoms. The van der Waals surface area contributed by atoms with Crippen molar-refractivity contribution >= 4 is 33.4 Å². The Bertz CT molecular complexity index is 550. The molecule has 0 aliphatic carbocycles. The first-order chi connectivity index (χ1) is 9.29. The van der Waals surface area contributed by atoms with Gasteiger partial charge in [0.2, 0.25) is 10.0 Å². The third-order valence-electron chi connectivity index (χ3n) is 2.76. The van der Waals surface area contributed by atoms with E-state index >= 15 is 0 Å². The quantitative estimate of drug-likeness (QED) is 0.796. The van der Waals surface area contributed by atoms with Crippen LogP contribution in [0.25, 0.3) is 0 Å². The Labute approximate surface area is 127 Å². The van der Waals surface area contributed by atoms with Crippen LogP contribution in [0.4, 0.5) is 4.39 Å². The molecule has 0 fully saturated rings. The number of aliphatic hydroxyl groups is 1. The second kappa shape index (κ2) is 7.61. The maximum atomic E-state index is 13.5. The van der Waals surface area contributed by atoms with Crippen LogP contribution in [-0.2, 0) is 15.8 Å². The summed E-state index contributed by atoms with van der Waals surface area (Å²) in [5, 5.41) is 9.15. The van der Waals surface area contributed by atoms with E-state index in [4.69, 9.17) is 16.7 Å². The van der Waals surface area contributed by atoms with Crippen molar-refractivity contribution in [2.24, 2.45) is 0 Å². The largest absolute Gasteiger partial charge is 0.395 e. The molecule has 0 aromatic heterocycles. The van der Waals surface area contributed by atoms with E-state index in [0.717, 1.165) is 6.07 Å². The van der Waals surface area contributed by atoms with Crippen molar-refractivity contribution < 1.29 is 17.9 Å². The van der Waals surface area contributed by atoms with Gasteiger partial charge in [-0.3, -0.25) is 0 Å². The Morgan fingerprint density at radius 1 is 1.50 bits per heavy atom. The fourth-order valence-electron chi connectivity index (χ4n) is 1.70. The minimum absolute atomic E-state index is 0.0156. The molecule has 0 radical (unpaired) electrons. The zero-order valence-electron chi connectivity index (χ0n) is 11.1. The number of rotatable bonds is 7. The van der Waals surface area contributed by atoms with E-state index in [-0.39, 0.29) is 22.4 Å². The number of hydrogen-bond acceptors (Lipinski definition) is 4. The van der Waals surface area contributed by atoms with Gasteiger partial charge in [0.05, 0.1) is 12.4 Å². The van der Waals surface area contributed by atoms with E-state index < -0.39 is 27.6 Å². The van der Waals surface area contributed by atoms with Gasteiger partial charge in [-0.05, 0) is 31.4 Å². The zero-order chi connectivity index (χ0) is 15.3. The van der Waals surface area contributed by atoms with Crippen LogP contribution in [0.15, 0.2) is 18.2 Å². The zero-order valence-corrected chi connectivity index (χ0v) is 13.5. The number of halogens is 2. The van der Waals surface area contributed by atoms with E-state index in [1.807, 2.05) is 0 Å². The standard InChI is InChI=1S/C12H17ClFNO3S2/c1-8(12(6-16)19-2)15-20(17,18)7-9-5-10(13)3-4-11(9)14/h3-5,8,12,15-16H,6-7H2,1-2H3/t8-,12-/m1/s1. The highest BCUT2D eigenvalue weighted by atomic mass is 35.5. The Morgan fingerprint density at radius 2 is 2.15 bits per heavy atom. The smallest absolute Gasteiger partial charge is 0.216 e. The lowest BCUT2D eigenvalue weighted by Crippen LogP contribution is -2.41. The molecule has 0 amide bonds. The maximum absolute atomic E-state index is 13.5. The molecule has 4 nitrogen and oxygen atoms in total. The predicted octanol–water partition coefficient (Wildman–Crippen LogP) is 2.01. The Balaban J connectivity index is 2.82. The summed E-state index contributed by atoms with van der Waals surface area (Å²) in [4.78, 5) is 0. The summed E-state index contributed by atoms with van der Waals surface area (Å²) in [5.41, 5.74) is 0.0156. The number of nitrogens with one attached hydrogen (secondary N) is 1. The van der Waals surface area contributed by atoms with E-state index in [1.54, 1.807) is 13.2 Å². The molecular formula is C12H17ClFNO3S2. The summed E-state index contributed by atoms with van der Waals surface area (Å²) in [5.74, 6) is -1.10. The van der Waals surface area contributed by atoms with Gasteiger partial charge in [0, 0.05) is 21.9 Å². The molecule has 0 heterocycles. The number of hydrogen-bond donors (Lipinski definition) is 2. The molecular weight excluding hydrogens is 325 g/mol. The molecule has 0 saturated carbocycles. The summed E-state index contributed by atoms with van der Waals surface area (Å²) in [7, 11) is -3.71. The van der Waals surface area contributed by atoms with Crippen molar-refractivity contribution in [1.82, 2.24) is 4.72 Å². The minimum Gasteiger partial charge on any atom is -0.395 e. The molecule has 2 atom stereocenters. The summed E-state index contributed by atoms with van der Waals surface area (Å²) in [6.45, 7) is 1.51. The maximum Gasteiger partial charge on any atom is 0.216 e. The number of benzene rings is 1. The SMILES string of the molecule is CS[C@H](CO)[C@@H](C)NS(=O)(=O)Cc1cc(Cl)ccc1F. The van der Waals surface area contributed by atoms with Crippen LogP contribution < -0.4 is 4.72 Å². The van der Waals surface area contributed by atoms with E-state index in [2.05, 4.69) is 4.72 Å².